The summed E-state index contributed by atoms with van der Waals surface area (Å²) in [4.78, 5) is 26.2. The Morgan fingerprint density at radius 3 is 2.64 bits per heavy atom. The number of carbonyl (C=O) groups is 2. The van der Waals surface area contributed by atoms with E-state index in [4.69, 9.17) is 21.1 Å². The molecule has 1 heterocycles. The highest BCUT2D eigenvalue weighted by atomic mass is 35.5. The van der Waals surface area contributed by atoms with Crippen LogP contribution in [0.2, 0.25) is 5.02 Å². The van der Waals surface area contributed by atoms with Crippen molar-refractivity contribution in [3.8, 4) is 5.75 Å². The number of rotatable bonds is 6. The monoisotopic (exact) mass is 381 g/mol. The van der Waals surface area contributed by atoms with Gasteiger partial charge in [0, 0.05) is 9.90 Å². The Labute approximate surface area is 155 Å². The van der Waals surface area contributed by atoms with Crippen LogP contribution in [0, 0.1) is 6.92 Å². The van der Waals surface area contributed by atoms with Crippen LogP contribution < -0.4 is 10.1 Å². The molecule has 134 valence electrons. The zero-order chi connectivity index (χ0) is 18.6. The molecule has 0 spiro atoms. The number of methoxy groups -OCH3 is 1. The number of ether oxygens (including phenoxy) is 2. The summed E-state index contributed by atoms with van der Waals surface area (Å²) in [7, 11) is 1.49. The van der Waals surface area contributed by atoms with Gasteiger partial charge in [-0.3, -0.25) is 4.79 Å². The number of carbonyl (C=O) groups excluding carboxylic acids is 2. The number of anilines is 1. The van der Waals surface area contributed by atoms with Crippen LogP contribution in [0.25, 0.3) is 0 Å². The molecule has 7 heteroatoms. The van der Waals surface area contributed by atoms with Crippen LogP contribution >= 0.6 is 22.9 Å². The molecule has 0 fully saturated rings. The number of amides is 1. The van der Waals surface area contributed by atoms with E-state index in [0.717, 1.165) is 16.9 Å². The molecule has 0 unspecified atom stereocenters. The molecule has 0 aliphatic rings. The predicted molar refractivity (Wildman–Crippen MR) is 99.9 cm³/mol. The van der Waals surface area contributed by atoms with Crippen molar-refractivity contribution in [2.24, 2.45) is 0 Å². The van der Waals surface area contributed by atoms with Crippen molar-refractivity contribution in [3.05, 3.63) is 44.6 Å². The molecule has 1 aromatic carbocycles. The van der Waals surface area contributed by atoms with Crippen molar-refractivity contribution in [2.75, 3.05) is 12.4 Å². The third-order valence-electron chi connectivity index (χ3n) is 3.62. The summed E-state index contributed by atoms with van der Waals surface area (Å²) in [5.74, 6) is -0.496. The lowest BCUT2D eigenvalue weighted by Gasteiger charge is -2.15. The molecule has 0 aliphatic carbocycles. The van der Waals surface area contributed by atoms with Gasteiger partial charge in [0.1, 0.15) is 10.6 Å². The number of aryl methyl sites for hydroxylation is 2. The first kappa shape index (κ1) is 19.3. The summed E-state index contributed by atoms with van der Waals surface area (Å²) in [6.45, 7) is 5.50. The minimum Gasteiger partial charge on any atom is -0.495 e. The number of hydrogen-bond acceptors (Lipinski definition) is 5. The number of esters is 1. The van der Waals surface area contributed by atoms with Gasteiger partial charge in [0.25, 0.3) is 5.91 Å². The van der Waals surface area contributed by atoms with Crippen molar-refractivity contribution in [1.29, 1.82) is 0 Å². The van der Waals surface area contributed by atoms with Gasteiger partial charge in [-0.25, -0.2) is 4.79 Å². The summed E-state index contributed by atoms with van der Waals surface area (Å²) >= 11 is 7.33. The molecule has 0 saturated carbocycles. The molecule has 1 aromatic heterocycles. The molecule has 1 amide bonds. The normalized spacial score (nSPS) is 11.7. The highest BCUT2D eigenvalue weighted by Gasteiger charge is 2.22. The molecule has 0 radical (unpaired) electrons. The maximum Gasteiger partial charge on any atom is 0.349 e. The lowest BCUT2D eigenvalue weighted by Crippen LogP contribution is -2.30. The molecule has 1 atom stereocenters. The Morgan fingerprint density at radius 2 is 2.04 bits per heavy atom. The van der Waals surface area contributed by atoms with Gasteiger partial charge >= 0.3 is 5.97 Å². The summed E-state index contributed by atoms with van der Waals surface area (Å²) in [6.07, 6.45) is -0.0994. The van der Waals surface area contributed by atoms with Gasteiger partial charge in [-0.1, -0.05) is 18.5 Å². The van der Waals surface area contributed by atoms with E-state index in [1.54, 1.807) is 24.3 Å². The Kier molecular flexibility index (Phi) is 6.45. The molecule has 5 nitrogen and oxygen atoms in total. The molecule has 1 N–H and O–H groups in total. The molecule has 2 rings (SSSR count). The fourth-order valence-electron chi connectivity index (χ4n) is 2.26. The molecular formula is C18H20ClNO4S. The SMILES string of the molecule is CCc1sc(C(=O)O[C@@H](C)C(=O)Nc2cc(Cl)ccc2OC)cc1C. The van der Waals surface area contributed by atoms with E-state index < -0.39 is 18.0 Å². The Hall–Kier alpha value is -2.05. The van der Waals surface area contributed by atoms with Crippen LogP contribution in [0.4, 0.5) is 5.69 Å². The smallest absolute Gasteiger partial charge is 0.349 e. The lowest BCUT2D eigenvalue weighted by atomic mass is 10.2. The maximum absolute atomic E-state index is 12.3. The molecule has 0 saturated heterocycles. The highest BCUT2D eigenvalue weighted by Crippen LogP contribution is 2.28. The van der Waals surface area contributed by atoms with E-state index >= 15 is 0 Å². The van der Waals surface area contributed by atoms with Crippen molar-refractivity contribution in [3.63, 3.8) is 0 Å². The van der Waals surface area contributed by atoms with Crippen LogP contribution in [0.15, 0.2) is 24.3 Å². The quantitative estimate of drug-likeness (QED) is 0.750. The van der Waals surface area contributed by atoms with Crippen LogP contribution in [0.5, 0.6) is 5.75 Å². The number of thiophene rings is 1. The average Bonchev–Trinajstić information content (AvgIpc) is 2.96. The summed E-state index contributed by atoms with van der Waals surface area (Å²) in [5.41, 5.74) is 1.48. The standard InChI is InChI=1S/C18H20ClNO4S/c1-5-15-10(2)8-16(25-15)18(22)24-11(3)17(21)20-13-9-12(19)6-7-14(13)23-4/h6-9,11H,5H2,1-4H3,(H,20,21)/t11-/m0/s1. The van der Waals surface area contributed by atoms with Gasteiger partial charge in [0.2, 0.25) is 0 Å². The van der Waals surface area contributed by atoms with Crippen LogP contribution in [-0.4, -0.2) is 25.1 Å². The van der Waals surface area contributed by atoms with Crippen molar-refractivity contribution < 1.29 is 19.1 Å². The second kappa shape index (κ2) is 8.36. The summed E-state index contributed by atoms with van der Waals surface area (Å²) < 4.78 is 10.5. The van der Waals surface area contributed by atoms with E-state index in [1.807, 2.05) is 13.8 Å². The first-order chi connectivity index (χ1) is 11.8. The van der Waals surface area contributed by atoms with Gasteiger partial charge in [-0.05, 0) is 50.1 Å². The zero-order valence-electron chi connectivity index (χ0n) is 14.5. The molecule has 25 heavy (non-hydrogen) atoms. The third kappa shape index (κ3) is 4.74. The maximum atomic E-state index is 12.3. The predicted octanol–water partition coefficient (Wildman–Crippen LogP) is 4.46. The van der Waals surface area contributed by atoms with Crippen LogP contribution in [0.1, 0.15) is 34.0 Å². The van der Waals surface area contributed by atoms with Gasteiger partial charge in [-0.2, -0.15) is 0 Å². The van der Waals surface area contributed by atoms with Gasteiger partial charge in [-0.15, -0.1) is 11.3 Å². The highest BCUT2D eigenvalue weighted by molar-refractivity contribution is 7.14. The van der Waals surface area contributed by atoms with E-state index in [9.17, 15) is 9.59 Å². The fraction of sp³-hybridized carbons (Fsp3) is 0.333. The van der Waals surface area contributed by atoms with Gasteiger partial charge in [0.15, 0.2) is 6.10 Å². The second-order valence-electron chi connectivity index (χ2n) is 5.45. The molecule has 0 bridgehead atoms. The lowest BCUT2D eigenvalue weighted by molar-refractivity contribution is -0.123. The summed E-state index contributed by atoms with van der Waals surface area (Å²) in [6, 6.07) is 6.67. The third-order valence-corrected chi connectivity index (χ3v) is 5.21. The number of hydrogen-bond donors (Lipinski definition) is 1. The largest absolute Gasteiger partial charge is 0.495 e. The van der Waals surface area contributed by atoms with E-state index in [-0.39, 0.29) is 0 Å². The van der Waals surface area contributed by atoms with E-state index in [1.165, 1.54) is 25.4 Å². The van der Waals surface area contributed by atoms with Gasteiger partial charge < -0.3 is 14.8 Å². The second-order valence-corrected chi connectivity index (χ2v) is 7.02. The Morgan fingerprint density at radius 1 is 1.32 bits per heavy atom. The fourth-order valence-corrected chi connectivity index (χ4v) is 3.42. The van der Waals surface area contributed by atoms with Crippen molar-refractivity contribution in [2.45, 2.75) is 33.3 Å². The number of halogens is 1. The van der Waals surface area contributed by atoms with Gasteiger partial charge in [0.05, 0.1) is 12.8 Å². The van der Waals surface area contributed by atoms with Crippen LogP contribution in [0.3, 0.4) is 0 Å². The molecular weight excluding hydrogens is 362 g/mol. The minimum absolute atomic E-state index is 0.420. The zero-order valence-corrected chi connectivity index (χ0v) is 16.1. The first-order valence-corrected chi connectivity index (χ1v) is 8.99. The topological polar surface area (TPSA) is 64.6 Å². The first-order valence-electron chi connectivity index (χ1n) is 7.80. The molecule has 0 aliphatic heterocycles. The summed E-state index contributed by atoms with van der Waals surface area (Å²) in [5, 5.41) is 3.12. The van der Waals surface area contributed by atoms with Crippen LogP contribution in [-0.2, 0) is 16.0 Å². The van der Waals surface area contributed by atoms with Crippen molar-refractivity contribution >= 4 is 40.5 Å². The van der Waals surface area contributed by atoms with Crippen molar-refractivity contribution in [1.82, 2.24) is 0 Å². The number of benzene rings is 1. The Balaban J connectivity index is 2.05. The average molecular weight is 382 g/mol. The Bertz CT molecular complexity index is 787. The molecule has 2 aromatic rings. The minimum atomic E-state index is -0.955. The number of nitrogens with one attached hydrogen (secondary N) is 1. The van der Waals surface area contributed by atoms with E-state index in [0.29, 0.717) is 21.3 Å². The van der Waals surface area contributed by atoms with E-state index in [2.05, 4.69) is 5.32 Å².